The minimum atomic E-state index is -0.732. The van der Waals surface area contributed by atoms with E-state index in [1.807, 2.05) is 11.5 Å². The van der Waals surface area contributed by atoms with Crippen molar-refractivity contribution in [3.05, 3.63) is 36.0 Å². The molecule has 1 amide bonds. The number of amides is 1. The summed E-state index contributed by atoms with van der Waals surface area (Å²) in [6.45, 7) is 2.04. The van der Waals surface area contributed by atoms with Crippen molar-refractivity contribution in [2.45, 2.75) is 70.1 Å². The molecule has 11 heteroatoms. The first-order valence-corrected chi connectivity index (χ1v) is 12.5. The van der Waals surface area contributed by atoms with Gasteiger partial charge in [0.05, 0.1) is 12.3 Å². The Balaban J connectivity index is 1.49. The van der Waals surface area contributed by atoms with Crippen molar-refractivity contribution in [3.63, 3.8) is 0 Å². The van der Waals surface area contributed by atoms with Crippen LogP contribution in [0.1, 0.15) is 57.9 Å². The number of nitrogens with zero attached hydrogens (tertiary/aromatic N) is 4. The Labute approximate surface area is 207 Å². The molecule has 5 rings (SSSR count). The monoisotopic (exact) mass is 499 g/mol. The van der Waals surface area contributed by atoms with E-state index in [4.69, 9.17) is 10.7 Å². The number of aromatic nitrogens is 4. The lowest BCUT2D eigenvalue weighted by atomic mass is 9.85. The van der Waals surface area contributed by atoms with Gasteiger partial charge in [0.1, 0.15) is 22.8 Å². The molecule has 2 saturated carbocycles. The van der Waals surface area contributed by atoms with E-state index in [0.29, 0.717) is 49.2 Å². The Morgan fingerprint density at radius 1 is 1.11 bits per heavy atom. The summed E-state index contributed by atoms with van der Waals surface area (Å²) in [5, 5.41) is 16.4. The van der Waals surface area contributed by atoms with E-state index in [1.165, 1.54) is 18.2 Å². The number of carbonyl (C=O) groups excluding carboxylic acids is 1. The number of aliphatic hydroxyl groups excluding tert-OH is 1. The number of hydrogen-bond acceptors (Lipinski definition) is 7. The number of nitrogens with one attached hydrogen (secondary N) is 2. The third-order valence-corrected chi connectivity index (χ3v) is 7.58. The van der Waals surface area contributed by atoms with Gasteiger partial charge in [0.2, 0.25) is 17.8 Å². The van der Waals surface area contributed by atoms with Crippen LogP contribution in [0.15, 0.2) is 24.4 Å². The molecule has 9 nitrogen and oxygen atoms in total. The van der Waals surface area contributed by atoms with Gasteiger partial charge < -0.3 is 21.5 Å². The zero-order valence-electron chi connectivity index (χ0n) is 20.1. The van der Waals surface area contributed by atoms with Crippen molar-refractivity contribution < 1.29 is 18.7 Å². The van der Waals surface area contributed by atoms with Crippen LogP contribution in [0, 0.1) is 23.5 Å². The first-order valence-electron chi connectivity index (χ1n) is 12.5. The molecule has 0 spiro atoms. The number of anilines is 3. The number of primary amides is 1. The predicted octanol–water partition coefficient (Wildman–Crippen LogP) is 4.03. The summed E-state index contributed by atoms with van der Waals surface area (Å²) in [5.41, 5.74) is 6.23. The number of para-hydroxylation sites is 1. The first-order chi connectivity index (χ1) is 17.3. The Bertz CT molecular complexity index is 1240. The largest absolute Gasteiger partial charge is 0.393 e. The van der Waals surface area contributed by atoms with Crippen molar-refractivity contribution >= 4 is 34.7 Å². The number of fused-ring (bicyclic) bond motifs is 1. The Morgan fingerprint density at radius 2 is 1.83 bits per heavy atom. The standard InChI is InChI=1S/C25H31F2N7O2/c1-13-5-8-15(11-20(13)35)30-24-29-12-19-23(33-24)34(16-9-6-14(7-10-16)22(28)36)25(31-19)32-21-17(26)3-2-4-18(21)27/h2-4,12-16,20,35H,5-11H2,1H3,(H2,28,36)(H,31,32)(H,29,30,33)/t13-,14-,15-,16+,20-/m1/s1. The molecule has 2 aliphatic carbocycles. The smallest absolute Gasteiger partial charge is 0.224 e. The van der Waals surface area contributed by atoms with Gasteiger partial charge >= 0.3 is 0 Å². The third kappa shape index (κ3) is 4.84. The van der Waals surface area contributed by atoms with Crippen LogP contribution in [0.3, 0.4) is 0 Å². The van der Waals surface area contributed by atoms with Crippen LogP contribution in [0.5, 0.6) is 0 Å². The maximum Gasteiger partial charge on any atom is 0.224 e. The topological polar surface area (TPSA) is 131 Å². The summed E-state index contributed by atoms with van der Waals surface area (Å²) in [6, 6.07) is 3.61. The highest BCUT2D eigenvalue weighted by atomic mass is 19.1. The van der Waals surface area contributed by atoms with E-state index in [2.05, 4.69) is 20.6 Å². The minimum Gasteiger partial charge on any atom is -0.393 e. The highest BCUT2D eigenvalue weighted by Crippen LogP contribution is 2.37. The first kappa shape index (κ1) is 24.4. The molecule has 0 aliphatic heterocycles. The van der Waals surface area contributed by atoms with Gasteiger partial charge in [0, 0.05) is 18.0 Å². The highest BCUT2D eigenvalue weighted by Gasteiger charge is 2.30. The van der Waals surface area contributed by atoms with Crippen LogP contribution >= 0.6 is 0 Å². The number of halogens is 2. The highest BCUT2D eigenvalue weighted by molar-refractivity contribution is 5.78. The predicted molar refractivity (Wildman–Crippen MR) is 132 cm³/mol. The maximum absolute atomic E-state index is 14.4. The minimum absolute atomic E-state index is 0.0427. The second kappa shape index (κ2) is 9.96. The second-order valence-electron chi connectivity index (χ2n) is 10.0. The number of hydrogen-bond donors (Lipinski definition) is 4. The number of rotatable bonds is 6. The normalized spacial score (nSPS) is 26.6. The molecular weight excluding hydrogens is 468 g/mol. The van der Waals surface area contributed by atoms with E-state index in [0.717, 1.165) is 12.8 Å². The van der Waals surface area contributed by atoms with Gasteiger partial charge in [-0.15, -0.1) is 0 Å². The van der Waals surface area contributed by atoms with Gasteiger partial charge in [-0.05, 0) is 63.0 Å². The summed E-state index contributed by atoms with van der Waals surface area (Å²) in [4.78, 5) is 25.4. The summed E-state index contributed by atoms with van der Waals surface area (Å²) in [7, 11) is 0. The van der Waals surface area contributed by atoms with Crippen LogP contribution in [0.2, 0.25) is 0 Å². The maximum atomic E-state index is 14.4. The van der Waals surface area contributed by atoms with Gasteiger partial charge in [-0.2, -0.15) is 4.98 Å². The average Bonchev–Trinajstić information content (AvgIpc) is 3.21. The fourth-order valence-corrected chi connectivity index (χ4v) is 5.35. The van der Waals surface area contributed by atoms with Crippen molar-refractivity contribution in [3.8, 4) is 0 Å². The summed E-state index contributed by atoms with van der Waals surface area (Å²) in [6.07, 6.45) is 6.14. The Morgan fingerprint density at radius 3 is 2.50 bits per heavy atom. The molecule has 0 radical (unpaired) electrons. The van der Waals surface area contributed by atoms with Crippen LogP contribution in [0.4, 0.5) is 26.4 Å². The third-order valence-electron chi connectivity index (χ3n) is 7.58. The molecule has 0 unspecified atom stereocenters. The molecule has 3 aromatic rings. The van der Waals surface area contributed by atoms with E-state index in [-0.39, 0.29) is 47.6 Å². The quantitative estimate of drug-likeness (QED) is 0.403. The van der Waals surface area contributed by atoms with Crippen molar-refractivity contribution in [2.24, 2.45) is 17.6 Å². The van der Waals surface area contributed by atoms with E-state index in [1.54, 1.807) is 6.20 Å². The molecule has 0 saturated heterocycles. The zero-order valence-corrected chi connectivity index (χ0v) is 20.1. The van der Waals surface area contributed by atoms with E-state index in [9.17, 15) is 18.7 Å². The molecule has 3 atom stereocenters. The van der Waals surface area contributed by atoms with Gasteiger partial charge in [0.15, 0.2) is 5.65 Å². The lowest BCUT2D eigenvalue weighted by Crippen LogP contribution is -2.35. The molecule has 36 heavy (non-hydrogen) atoms. The van der Waals surface area contributed by atoms with Crippen molar-refractivity contribution in [2.75, 3.05) is 10.6 Å². The zero-order chi connectivity index (χ0) is 25.4. The molecule has 5 N–H and O–H groups in total. The average molecular weight is 500 g/mol. The lowest BCUT2D eigenvalue weighted by Gasteiger charge is -2.31. The fourth-order valence-electron chi connectivity index (χ4n) is 5.35. The Kier molecular flexibility index (Phi) is 6.74. The number of nitrogens with two attached hydrogens (primary N) is 1. The molecule has 2 heterocycles. The summed E-state index contributed by atoms with van der Waals surface area (Å²) < 4.78 is 30.7. The SMILES string of the molecule is C[C@@H]1CC[C@@H](Nc2ncc3nc(Nc4c(F)cccc4F)n([C@H]4CC[C@@H](C(N)=O)CC4)c3n2)C[C@H]1O. The Hall–Kier alpha value is -3.34. The second-order valence-corrected chi connectivity index (χ2v) is 10.0. The molecule has 2 aromatic heterocycles. The van der Waals surface area contributed by atoms with Gasteiger partial charge in [-0.25, -0.2) is 18.7 Å². The molecule has 0 bridgehead atoms. The fraction of sp³-hybridized carbons (Fsp3) is 0.520. The van der Waals surface area contributed by atoms with Crippen LogP contribution in [-0.4, -0.2) is 42.7 Å². The summed E-state index contributed by atoms with van der Waals surface area (Å²) in [5.74, 6) is -1.04. The van der Waals surface area contributed by atoms with Crippen LogP contribution in [0.25, 0.3) is 11.2 Å². The van der Waals surface area contributed by atoms with E-state index < -0.39 is 11.6 Å². The van der Waals surface area contributed by atoms with Gasteiger partial charge in [0.25, 0.3) is 0 Å². The van der Waals surface area contributed by atoms with E-state index >= 15 is 0 Å². The van der Waals surface area contributed by atoms with Gasteiger partial charge in [-0.3, -0.25) is 9.36 Å². The van der Waals surface area contributed by atoms with Crippen molar-refractivity contribution in [1.82, 2.24) is 19.5 Å². The number of benzene rings is 1. The number of carbonyl (C=O) groups is 1. The number of aliphatic hydroxyl groups is 1. The number of imidazole rings is 1. The van der Waals surface area contributed by atoms with Gasteiger partial charge in [-0.1, -0.05) is 13.0 Å². The molecule has 192 valence electrons. The van der Waals surface area contributed by atoms with Crippen LogP contribution < -0.4 is 16.4 Å². The lowest BCUT2D eigenvalue weighted by molar-refractivity contribution is -0.122. The summed E-state index contributed by atoms with van der Waals surface area (Å²) >= 11 is 0. The molecular formula is C25H31F2N7O2. The van der Waals surface area contributed by atoms with Crippen LogP contribution in [-0.2, 0) is 4.79 Å². The molecule has 2 aliphatic rings. The van der Waals surface area contributed by atoms with Crippen molar-refractivity contribution in [1.29, 1.82) is 0 Å². The molecule has 1 aromatic carbocycles. The molecule has 2 fully saturated rings.